The Morgan fingerprint density at radius 2 is 1.96 bits per heavy atom. The van der Waals surface area contributed by atoms with Crippen LogP contribution < -0.4 is 5.32 Å². The van der Waals surface area contributed by atoms with Crippen molar-refractivity contribution >= 4 is 17.6 Å². The van der Waals surface area contributed by atoms with Crippen molar-refractivity contribution in [2.75, 3.05) is 18.4 Å². The SMILES string of the molecule is O=C(CN1CCCCCC1=O)Nc1ccnn1Cc1ccccc1. The third-order valence-electron chi connectivity index (χ3n) is 4.17. The van der Waals surface area contributed by atoms with Gasteiger partial charge in [0.2, 0.25) is 11.8 Å². The average molecular weight is 326 g/mol. The molecule has 0 spiro atoms. The largest absolute Gasteiger partial charge is 0.333 e. The molecule has 1 fully saturated rings. The maximum atomic E-state index is 12.3. The second kappa shape index (κ2) is 7.77. The monoisotopic (exact) mass is 326 g/mol. The van der Waals surface area contributed by atoms with Crippen LogP contribution >= 0.6 is 0 Å². The molecule has 0 radical (unpaired) electrons. The fraction of sp³-hybridized carbons (Fsp3) is 0.389. The smallest absolute Gasteiger partial charge is 0.245 e. The normalized spacial score (nSPS) is 15.2. The molecule has 0 saturated carbocycles. The van der Waals surface area contributed by atoms with E-state index in [9.17, 15) is 9.59 Å². The van der Waals surface area contributed by atoms with Gasteiger partial charge in [-0.05, 0) is 18.4 Å². The Morgan fingerprint density at radius 3 is 2.79 bits per heavy atom. The number of hydrogen-bond donors (Lipinski definition) is 1. The fourth-order valence-corrected chi connectivity index (χ4v) is 2.88. The Balaban J connectivity index is 1.60. The Bertz CT molecular complexity index is 696. The van der Waals surface area contributed by atoms with E-state index >= 15 is 0 Å². The molecule has 2 amide bonds. The molecule has 1 N–H and O–H groups in total. The molecule has 6 heteroatoms. The van der Waals surface area contributed by atoms with Crippen molar-refractivity contribution in [3.63, 3.8) is 0 Å². The van der Waals surface area contributed by atoms with Crippen molar-refractivity contribution in [2.24, 2.45) is 0 Å². The lowest BCUT2D eigenvalue weighted by atomic mass is 10.2. The second-order valence-corrected chi connectivity index (χ2v) is 6.03. The summed E-state index contributed by atoms with van der Waals surface area (Å²) in [6, 6.07) is 11.7. The molecule has 0 aliphatic carbocycles. The Morgan fingerprint density at radius 1 is 1.12 bits per heavy atom. The molecule has 0 bridgehead atoms. The molecule has 1 aromatic carbocycles. The zero-order chi connectivity index (χ0) is 16.8. The lowest BCUT2D eigenvalue weighted by Crippen LogP contribution is -2.37. The summed E-state index contributed by atoms with van der Waals surface area (Å²) in [5.74, 6) is 0.534. The van der Waals surface area contributed by atoms with Crippen LogP contribution in [0.25, 0.3) is 0 Å². The fourth-order valence-electron chi connectivity index (χ4n) is 2.88. The zero-order valence-corrected chi connectivity index (χ0v) is 13.6. The predicted octanol–water partition coefficient (Wildman–Crippen LogP) is 2.27. The molecule has 1 aliphatic heterocycles. The number of anilines is 1. The molecule has 0 unspecified atom stereocenters. The Hall–Kier alpha value is -2.63. The molecule has 6 nitrogen and oxygen atoms in total. The van der Waals surface area contributed by atoms with Gasteiger partial charge in [-0.2, -0.15) is 5.10 Å². The molecular weight excluding hydrogens is 304 g/mol. The highest BCUT2D eigenvalue weighted by molar-refractivity contribution is 5.93. The molecule has 1 saturated heterocycles. The number of hydrogen-bond acceptors (Lipinski definition) is 3. The Kier molecular flexibility index (Phi) is 5.25. The number of likely N-dealkylation sites (tertiary alicyclic amines) is 1. The van der Waals surface area contributed by atoms with Gasteiger partial charge in [0.05, 0.1) is 19.3 Å². The summed E-state index contributed by atoms with van der Waals surface area (Å²) in [5, 5.41) is 7.13. The number of nitrogens with one attached hydrogen (secondary N) is 1. The summed E-state index contributed by atoms with van der Waals surface area (Å²) in [5.41, 5.74) is 1.11. The van der Waals surface area contributed by atoms with E-state index < -0.39 is 0 Å². The van der Waals surface area contributed by atoms with E-state index in [4.69, 9.17) is 0 Å². The molecule has 0 atom stereocenters. The lowest BCUT2D eigenvalue weighted by molar-refractivity contribution is -0.134. The van der Waals surface area contributed by atoms with Crippen molar-refractivity contribution in [3.05, 3.63) is 48.2 Å². The molecule has 1 aliphatic rings. The summed E-state index contributed by atoms with van der Waals surface area (Å²) in [6.45, 7) is 1.36. The van der Waals surface area contributed by atoms with Gasteiger partial charge in [0.25, 0.3) is 0 Å². The summed E-state index contributed by atoms with van der Waals surface area (Å²) >= 11 is 0. The summed E-state index contributed by atoms with van der Waals surface area (Å²) < 4.78 is 1.75. The van der Waals surface area contributed by atoms with Crippen molar-refractivity contribution < 1.29 is 9.59 Å². The van der Waals surface area contributed by atoms with Crippen LogP contribution in [-0.4, -0.2) is 39.6 Å². The highest BCUT2D eigenvalue weighted by Crippen LogP contribution is 2.13. The molecule has 2 heterocycles. The van der Waals surface area contributed by atoms with E-state index in [1.165, 1.54) is 0 Å². The van der Waals surface area contributed by atoms with Gasteiger partial charge < -0.3 is 10.2 Å². The van der Waals surface area contributed by atoms with Crippen LogP contribution in [0.1, 0.15) is 31.2 Å². The number of nitrogens with zero attached hydrogens (tertiary/aromatic N) is 3. The maximum Gasteiger partial charge on any atom is 0.245 e. The maximum absolute atomic E-state index is 12.3. The van der Waals surface area contributed by atoms with Gasteiger partial charge in [-0.15, -0.1) is 0 Å². The Labute approximate surface area is 141 Å². The van der Waals surface area contributed by atoms with Gasteiger partial charge in [-0.25, -0.2) is 4.68 Å². The molecule has 3 rings (SSSR count). The molecule has 126 valence electrons. The first-order valence-corrected chi connectivity index (χ1v) is 8.36. The van der Waals surface area contributed by atoms with Crippen LogP contribution in [0.5, 0.6) is 0 Å². The second-order valence-electron chi connectivity index (χ2n) is 6.03. The summed E-state index contributed by atoms with van der Waals surface area (Å²) in [4.78, 5) is 25.9. The van der Waals surface area contributed by atoms with Gasteiger partial charge in [0.15, 0.2) is 0 Å². The minimum atomic E-state index is -0.180. The zero-order valence-electron chi connectivity index (χ0n) is 13.6. The first-order chi connectivity index (χ1) is 11.7. The summed E-state index contributed by atoms with van der Waals surface area (Å²) in [7, 11) is 0. The summed E-state index contributed by atoms with van der Waals surface area (Å²) in [6.07, 6.45) is 5.13. The van der Waals surface area contributed by atoms with Crippen LogP contribution in [0, 0.1) is 0 Å². The number of rotatable bonds is 5. The minimum Gasteiger partial charge on any atom is -0.333 e. The number of amides is 2. The number of carbonyl (C=O) groups is 2. The van der Waals surface area contributed by atoms with E-state index in [1.807, 2.05) is 30.3 Å². The quantitative estimate of drug-likeness (QED) is 0.916. The van der Waals surface area contributed by atoms with Crippen LogP contribution in [0.2, 0.25) is 0 Å². The van der Waals surface area contributed by atoms with Crippen molar-refractivity contribution in [2.45, 2.75) is 32.2 Å². The van der Waals surface area contributed by atoms with E-state index in [1.54, 1.807) is 21.8 Å². The number of benzene rings is 1. The molecular formula is C18H22N4O2. The number of aromatic nitrogens is 2. The van der Waals surface area contributed by atoms with Gasteiger partial charge in [-0.1, -0.05) is 36.8 Å². The van der Waals surface area contributed by atoms with E-state index in [2.05, 4.69) is 10.4 Å². The highest BCUT2D eigenvalue weighted by atomic mass is 16.2. The number of carbonyl (C=O) groups excluding carboxylic acids is 2. The topological polar surface area (TPSA) is 67.2 Å². The molecule has 2 aromatic rings. The van der Waals surface area contributed by atoms with Crippen LogP contribution in [0.4, 0.5) is 5.82 Å². The van der Waals surface area contributed by atoms with Gasteiger partial charge in [0, 0.05) is 19.0 Å². The van der Waals surface area contributed by atoms with E-state index in [0.29, 0.717) is 25.3 Å². The van der Waals surface area contributed by atoms with Crippen molar-refractivity contribution in [1.82, 2.24) is 14.7 Å². The highest BCUT2D eigenvalue weighted by Gasteiger charge is 2.19. The first kappa shape index (κ1) is 16.2. The van der Waals surface area contributed by atoms with Gasteiger partial charge in [-0.3, -0.25) is 9.59 Å². The average Bonchev–Trinajstić information content (AvgIpc) is 2.90. The van der Waals surface area contributed by atoms with Gasteiger partial charge in [0.1, 0.15) is 5.82 Å². The van der Waals surface area contributed by atoms with Crippen molar-refractivity contribution in [1.29, 1.82) is 0 Å². The third kappa shape index (κ3) is 4.22. The van der Waals surface area contributed by atoms with Crippen molar-refractivity contribution in [3.8, 4) is 0 Å². The van der Waals surface area contributed by atoms with E-state index in [0.717, 1.165) is 24.8 Å². The minimum absolute atomic E-state index is 0.0699. The predicted molar refractivity (Wildman–Crippen MR) is 91.4 cm³/mol. The van der Waals surface area contributed by atoms with E-state index in [-0.39, 0.29) is 18.4 Å². The van der Waals surface area contributed by atoms with Crippen LogP contribution in [-0.2, 0) is 16.1 Å². The van der Waals surface area contributed by atoms with Crippen LogP contribution in [0.15, 0.2) is 42.6 Å². The molecule has 24 heavy (non-hydrogen) atoms. The van der Waals surface area contributed by atoms with Crippen LogP contribution in [0.3, 0.4) is 0 Å². The standard InChI is InChI=1S/C18H22N4O2/c23-17(14-21-12-6-2-5-9-18(21)24)20-16-10-11-19-22(16)13-15-7-3-1-4-8-15/h1,3-4,7-8,10-11H,2,5-6,9,12-14H2,(H,20,23). The molecule has 1 aromatic heterocycles. The van der Waals surface area contributed by atoms with Gasteiger partial charge >= 0.3 is 0 Å². The first-order valence-electron chi connectivity index (χ1n) is 8.36. The lowest BCUT2D eigenvalue weighted by Gasteiger charge is -2.20. The third-order valence-corrected chi connectivity index (χ3v) is 4.17.